The van der Waals surface area contributed by atoms with Crippen molar-refractivity contribution >= 4 is 17.1 Å². The molecule has 4 heteroatoms. The van der Waals surface area contributed by atoms with Gasteiger partial charge < -0.3 is 5.73 Å². The molecule has 0 aromatic heterocycles. The van der Waals surface area contributed by atoms with Gasteiger partial charge in [0.15, 0.2) is 0 Å². The van der Waals surface area contributed by atoms with Crippen molar-refractivity contribution in [3.63, 3.8) is 0 Å². The van der Waals surface area contributed by atoms with Crippen LogP contribution in [0.2, 0.25) is 0 Å². The maximum Gasteiger partial charge on any atom is 0.0991 e. The number of azo groups is 1. The fraction of sp³-hybridized carbons (Fsp3) is 0.133. The van der Waals surface area contributed by atoms with Crippen LogP contribution in [0.15, 0.2) is 46.6 Å². The van der Waals surface area contributed by atoms with Gasteiger partial charge in [0.2, 0.25) is 0 Å². The first-order valence-corrected chi connectivity index (χ1v) is 5.89. The maximum absolute atomic E-state index is 8.72. The summed E-state index contributed by atoms with van der Waals surface area (Å²) in [6.45, 7) is 3.91. The smallest absolute Gasteiger partial charge is 0.0991 e. The van der Waals surface area contributed by atoms with Gasteiger partial charge in [-0.25, -0.2) is 0 Å². The summed E-state index contributed by atoms with van der Waals surface area (Å²) in [4.78, 5) is 0. The minimum absolute atomic E-state index is 0.610. The lowest BCUT2D eigenvalue weighted by Crippen LogP contribution is -1.88. The van der Waals surface area contributed by atoms with E-state index >= 15 is 0 Å². The van der Waals surface area contributed by atoms with Crippen LogP contribution in [0.25, 0.3) is 0 Å². The average molecular weight is 250 g/mol. The first kappa shape index (κ1) is 12.8. The number of aryl methyl sites for hydroxylation is 2. The number of nitrogens with two attached hydrogens (primary N) is 1. The Morgan fingerprint density at radius 1 is 1.00 bits per heavy atom. The third kappa shape index (κ3) is 2.96. The van der Waals surface area contributed by atoms with E-state index in [1.807, 2.05) is 26.0 Å². The zero-order valence-corrected chi connectivity index (χ0v) is 10.9. The molecule has 0 radical (unpaired) electrons. The predicted molar refractivity (Wildman–Crippen MR) is 75.7 cm³/mol. The molecule has 0 unspecified atom stereocenters. The lowest BCUT2D eigenvalue weighted by Gasteiger charge is -2.05. The van der Waals surface area contributed by atoms with Crippen molar-refractivity contribution in [2.24, 2.45) is 10.2 Å². The summed E-state index contributed by atoms with van der Waals surface area (Å²) in [7, 11) is 0. The highest BCUT2D eigenvalue weighted by molar-refractivity contribution is 5.59. The molecule has 0 aliphatic heterocycles. The largest absolute Gasteiger partial charge is 0.399 e. The van der Waals surface area contributed by atoms with E-state index in [-0.39, 0.29) is 0 Å². The van der Waals surface area contributed by atoms with Crippen LogP contribution in [-0.4, -0.2) is 0 Å². The van der Waals surface area contributed by atoms with Gasteiger partial charge in [-0.15, -0.1) is 0 Å². The summed E-state index contributed by atoms with van der Waals surface area (Å²) >= 11 is 0. The van der Waals surface area contributed by atoms with Gasteiger partial charge in [-0.1, -0.05) is 0 Å². The second-order valence-corrected chi connectivity index (χ2v) is 4.36. The zero-order chi connectivity index (χ0) is 13.8. The van der Waals surface area contributed by atoms with Crippen molar-refractivity contribution in [2.75, 3.05) is 5.73 Å². The molecular formula is C15H14N4. The van der Waals surface area contributed by atoms with E-state index in [0.717, 1.165) is 28.2 Å². The molecule has 0 saturated heterocycles. The Hall–Kier alpha value is -2.67. The molecule has 2 rings (SSSR count). The Bertz CT molecular complexity index is 641. The Kier molecular flexibility index (Phi) is 3.58. The summed E-state index contributed by atoms with van der Waals surface area (Å²) in [5.41, 5.74) is 10.6. The summed E-state index contributed by atoms with van der Waals surface area (Å²) in [6, 6.07) is 12.8. The summed E-state index contributed by atoms with van der Waals surface area (Å²) in [5, 5.41) is 17.2. The molecule has 0 bridgehead atoms. The molecule has 0 heterocycles. The first-order chi connectivity index (χ1) is 9.10. The van der Waals surface area contributed by atoms with Gasteiger partial charge in [-0.2, -0.15) is 15.5 Å². The number of nitriles is 1. The van der Waals surface area contributed by atoms with E-state index in [2.05, 4.69) is 16.3 Å². The van der Waals surface area contributed by atoms with Crippen LogP contribution in [0.3, 0.4) is 0 Å². The van der Waals surface area contributed by atoms with Crippen molar-refractivity contribution in [2.45, 2.75) is 13.8 Å². The molecule has 94 valence electrons. The zero-order valence-electron chi connectivity index (χ0n) is 10.9. The molecule has 4 nitrogen and oxygen atoms in total. The van der Waals surface area contributed by atoms with E-state index in [0.29, 0.717) is 5.56 Å². The molecule has 0 spiro atoms. The van der Waals surface area contributed by atoms with Gasteiger partial charge >= 0.3 is 0 Å². The molecule has 0 aliphatic carbocycles. The fourth-order valence-electron chi connectivity index (χ4n) is 1.86. The highest BCUT2D eigenvalue weighted by Crippen LogP contribution is 2.28. The van der Waals surface area contributed by atoms with Crippen LogP contribution in [0.1, 0.15) is 16.7 Å². The van der Waals surface area contributed by atoms with Crippen LogP contribution in [0, 0.1) is 25.2 Å². The second kappa shape index (κ2) is 5.32. The molecule has 0 fully saturated rings. The van der Waals surface area contributed by atoms with Gasteiger partial charge in [0.05, 0.1) is 23.0 Å². The van der Waals surface area contributed by atoms with Gasteiger partial charge in [-0.05, 0) is 61.4 Å². The number of hydrogen-bond donors (Lipinski definition) is 1. The topological polar surface area (TPSA) is 74.5 Å². The number of anilines is 1. The number of benzene rings is 2. The summed E-state index contributed by atoms with van der Waals surface area (Å²) in [6.07, 6.45) is 0. The van der Waals surface area contributed by atoms with Crippen molar-refractivity contribution in [1.82, 2.24) is 0 Å². The Morgan fingerprint density at radius 3 is 2.11 bits per heavy atom. The van der Waals surface area contributed by atoms with Crippen molar-refractivity contribution in [1.29, 1.82) is 5.26 Å². The molecule has 2 N–H and O–H groups in total. The lowest BCUT2D eigenvalue weighted by atomic mass is 10.1. The number of nitrogen functional groups attached to an aromatic ring is 1. The number of nitrogens with zero attached hydrogens (tertiary/aromatic N) is 3. The number of rotatable bonds is 2. The normalized spacial score (nSPS) is 10.6. The molecule has 2 aromatic rings. The summed E-state index contributed by atoms with van der Waals surface area (Å²) in [5.74, 6) is 0. The van der Waals surface area contributed by atoms with Crippen LogP contribution in [0.4, 0.5) is 17.1 Å². The van der Waals surface area contributed by atoms with Crippen molar-refractivity contribution in [3.8, 4) is 6.07 Å². The Balaban J connectivity index is 2.30. The predicted octanol–water partition coefficient (Wildman–Crippen LogP) is 4.17. The molecule has 0 saturated carbocycles. The van der Waals surface area contributed by atoms with Gasteiger partial charge in [0, 0.05) is 5.69 Å². The molecule has 0 aliphatic rings. The van der Waals surface area contributed by atoms with E-state index in [1.165, 1.54) is 0 Å². The molecule has 0 amide bonds. The van der Waals surface area contributed by atoms with Gasteiger partial charge in [0.1, 0.15) is 0 Å². The third-order valence-corrected chi connectivity index (χ3v) is 2.78. The fourth-order valence-corrected chi connectivity index (χ4v) is 1.86. The van der Waals surface area contributed by atoms with Crippen LogP contribution in [-0.2, 0) is 0 Å². The van der Waals surface area contributed by atoms with Crippen LogP contribution >= 0.6 is 0 Å². The Labute approximate surface area is 112 Å². The van der Waals surface area contributed by atoms with E-state index in [9.17, 15) is 0 Å². The highest BCUT2D eigenvalue weighted by Gasteiger charge is 2.02. The van der Waals surface area contributed by atoms with Crippen LogP contribution in [0.5, 0.6) is 0 Å². The minimum atomic E-state index is 0.610. The monoisotopic (exact) mass is 250 g/mol. The summed E-state index contributed by atoms with van der Waals surface area (Å²) < 4.78 is 0. The van der Waals surface area contributed by atoms with Crippen molar-refractivity contribution in [3.05, 3.63) is 53.1 Å². The van der Waals surface area contributed by atoms with Gasteiger partial charge in [0.25, 0.3) is 0 Å². The molecule has 0 atom stereocenters. The molecule has 19 heavy (non-hydrogen) atoms. The van der Waals surface area contributed by atoms with Crippen molar-refractivity contribution < 1.29 is 0 Å². The standard InChI is InChI=1S/C15H14N4/c1-10-7-13(17)8-11(2)15(10)19-18-14-5-3-12(9-16)4-6-14/h3-8H,17H2,1-2H3. The number of hydrogen-bond acceptors (Lipinski definition) is 4. The quantitative estimate of drug-likeness (QED) is 0.641. The maximum atomic E-state index is 8.72. The van der Waals surface area contributed by atoms with E-state index in [4.69, 9.17) is 11.0 Å². The lowest BCUT2D eigenvalue weighted by molar-refractivity contribution is 1.19. The Morgan fingerprint density at radius 2 is 1.58 bits per heavy atom. The highest BCUT2D eigenvalue weighted by atomic mass is 15.1. The van der Waals surface area contributed by atoms with Gasteiger partial charge in [-0.3, -0.25) is 0 Å². The van der Waals surface area contributed by atoms with E-state index < -0.39 is 0 Å². The average Bonchev–Trinajstić information content (AvgIpc) is 2.38. The first-order valence-electron chi connectivity index (χ1n) is 5.89. The molecular weight excluding hydrogens is 236 g/mol. The SMILES string of the molecule is Cc1cc(N)cc(C)c1N=Nc1ccc(C#N)cc1. The second-order valence-electron chi connectivity index (χ2n) is 4.36. The van der Waals surface area contributed by atoms with E-state index in [1.54, 1.807) is 24.3 Å². The third-order valence-electron chi connectivity index (χ3n) is 2.78. The van der Waals surface area contributed by atoms with Crippen LogP contribution < -0.4 is 5.73 Å². The molecule has 2 aromatic carbocycles. The minimum Gasteiger partial charge on any atom is -0.399 e.